The lowest BCUT2D eigenvalue weighted by Crippen LogP contribution is -2.52. The number of hydrogen-bond donors (Lipinski definition) is 1. The zero-order chi connectivity index (χ0) is 15.9. The first-order chi connectivity index (χ1) is 9.83. The van der Waals surface area contributed by atoms with E-state index in [0.717, 1.165) is 25.1 Å². The highest BCUT2D eigenvalue weighted by Gasteiger charge is 2.29. The van der Waals surface area contributed by atoms with Crippen LogP contribution in [0.3, 0.4) is 0 Å². The van der Waals surface area contributed by atoms with E-state index in [-0.39, 0.29) is 5.54 Å². The summed E-state index contributed by atoms with van der Waals surface area (Å²) in [6, 6.07) is 1.27. The normalized spacial score (nSPS) is 18.9. The van der Waals surface area contributed by atoms with Gasteiger partial charge < -0.3 is 10.1 Å². The fraction of sp³-hybridized carbons (Fsp3) is 1.00. The van der Waals surface area contributed by atoms with Gasteiger partial charge in [0, 0.05) is 31.3 Å². The van der Waals surface area contributed by atoms with Crippen LogP contribution in [0.1, 0.15) is 66.7 Å². The van der Waals surface area contributed by atoms with Crippen LogP contribution in [0.25, 0.3) is 0 Å². The Morgan fingerprint density at radius 2 is 1.81 bits per heavy atom. The Morgan fingerprint density at radius 3 is 2.29 bits per heavy atom. The third-order valence-electron chi connectivity index (χ3n) is 4.45. The summed E-state index contributed by atoms with van der Waals surface area (Å²) in [6.07, 6.45) is 6.82. The minimum absolute atomic E-state index is 0.172. The lowest BCUT2D eigenvalue weighted by atomic mass is 10.0. The molecule has 1 N–H and O–H groups in total. The summed E-state index contributed by atoms with van der Waals surface area (Å²) in [5.41, 5.74) is 0.172. The molecule has 1 fully saturated rings. The smallest absolute Gasteiger partial charge is 0.0630 e. The van der Waals surface area contributed by atoms with Gasteiger partial charge in [-0.1, -0.05) is 26.7 Å². The number of nitrogens with one attached hydrogen (secondary N) is 1. The van der Waals surface area contributed by atoms with Gasteiger partial charge in [-0.3, -0.25) is 4.90 Å². The maximum absolute atomic E-state index is 5.53. The topological polar surface area (TPSA) is 24.5 Å². The molecule has 0 spiro atoms. The molecule has 1 atom stereocenters. The van der Waals surface area contributed by atoms with E-state index in [1.165, 1.54) is 38.6 Å². The molecule has 126 valence electrons. The Kier molecular flexibility index (Phi) is 8.22. The predicted octanol–water partition coefficient (Wildman–Crippen LogP) is 3.68. The molecule has 0 aromatic heterocycles. The largest absolute Gasteiger partial charge is 0.383 e. The van der Waals surface area contributed by atoms with Crippen molar-refractivity contribution in [1.29, 1.82) is 0 Å². The standard InChI is InChI=1S/C18H38N2O/c1-15(2)11-12-20(16-9-7-8-10-16)17(14-21-6)13-19-18(3,4)5/h15-17,19H,7-14H2,1-6H3. The first-order valence-electron chi connectivity index (χ1n) is 8.83. The van der Waals surface area contributed by atoms with Gasteiger partial charge in [0.2, 0.25) is 0 Å². The molecule has 3 nitrogen and oxygen atoms in total. The molecular weight excluding hydrogens is 260 g/mol. The molecule has 21 heavy (non-hydrogen) atoms. The molecule has 0 radical (unpaired) electrons. The van der Waals surface area contributed by atoms with Crippen molar-refractivity contribution in [3.63, 3.8) is 0 Å². The summed E-state index contributed by atoms with van der Waals surface area (Å²) in [5, 5.41) is 3.68. The van der Waals surface area contributed by atoms with Gasteiger partial charge in [0.05, 0.1) is 6.61 Å². The van der Waals surface area contributed by atoms with E-state index in [1.54, 1.807) is 0 Å². The molecule has 0 amide bonds. The molecule has 1 rings (SSSR count). The quantitative estimate of drug-likeness (QED) is 0.703. The molecule has 1 aliphatic rings. The van der Waals surface area contributed by atoms with E-state index in [4.69, 9.17) is 4.74 Å². The summed E-state index contributed by atoms with van der Waals surface area (Å²) in [5.74, 6) is 0.771. The van der Waals surface area contributed by atoms with E-state index in [0.29, 0.717) is 6.04 Å². The predicted molar refractivity (Wildman–Crippen MR) is 91.8 cm³/mol. The molecule has 0 aliphatic heterocycles. The average Bonchev–Trinajstić information content (AvgIpc) is 2.88. The van der Waals surface area contributed by atoms with Crippen LogP contribution in [0, 0.1) is 5.92 Å². The molecular formula is C18H38N2O. The van der Waals surface area contributed by atoms with Crippen molar-refractivity contribution < 1.29 is 4.74 Å². The second-order valence-corrected chi connectivity index (χ2v) is 8.10. The first-order valence-corrected chi connectivity index (χ1v) is 8.83. The van der Waals surface area contributed by atoms with Gasteiger partial charge in [-0.2, -0.15) is 0 Å². The van der Waals surface area contributed by atoms with Gasteiger partial charge in [-0.15, -0.1) is 0 Å². The highest BCUT2D eigenvalue weighted by atomic mass is 16.5. The van der Waals surface area contributed by atoms with E-state index >= 15 is 0 Å². The van der Waals surface area contributed by atoms with Gasteiger partial charge in [-0.05, 0) is 52.5 Å². The molecule has 0 bridgehead atoms. The summed E-state index contributed by atoms with van der Waals surface area (Å²) < 4.78 is 5.53. The molecule has 0 heterocycles. The van der Waals surface area contributed by atoms with E-state index in [2.05, 4.69) is 44.8 Å². The van der Waals surface area contributed by atoms with Crippen LogP contribution in [0.4, 0.5) is 0 Å². The summed E-state index contributed by atoms with van der Waals surface area (Å²) in [7, 11) is 1.83. The molecule has 1 unspecified atom stereocenters. The van der Waals surface area contributed by atoms with Crippen molar-refractivity contribution in [3.05, 3.63) is 0 Å². The first kappa shape index (κ1) is 18.9. The fourth-order valence-corrected chi connectivity index (χ4v) is 3.19. The van der Waals surface area contributed by atoms with E-state index in [1.807, 2.05) is 7.11 Å². The third kappa shape index (κ3) is 7.62. The number of rotatable bonds is 9. The number of methoxy groups -OCH3 is 1. The van der Waals surface area contributed by atoms with Crippen LogP contribution in [-0.4, -0.2) is 49.3 Å². The highest BCUT2D eigenvalue weighted by molar-refractivity contribution is 4.86. The zero-order valence-electron chi connectivity index (χ0n) is 15.2. The number of ether oxygens (including phenoxy) is 1. The van der Waals surface area contributed by atoms with Crippen LogP contribution in [0.5, 0.6) is 0 Å². The zero-order valence-corrected chi connectivity index (χ0v) is 15.2. The van der Waals surface area contributed by atoms with Crippen LogP contribution >= 0.6 is 0 Å². The van der Waals surface area contributed by atoms with E-state index in [9.17, 15) is 0 Å². The maximum Gasteiger partial charge on any atom is 0.0630 e. The minimum atomic E-state index is 0.172. The summed E-state index contributed by atoms with van der Waals surface area (Å²) >= 11 is 0. The average molecular weight is 299 g/mol. The number of hydrogen-bond acceptors (Lipinski definition) is 3. The van der Waals surface area contributed by atoms with Crippen LogP contribution < -0.4 is 5.32 Å². The summed E-state index contributed by atoms with van der Waals surface area (Å²) in [6.45, 7) is 14.4. The van der Waals surface area contributed by atoms with Gasteiger partial charge >= 0.3 is 0 Å². The Labute approximate surface area is 132 Å². The Hall–Kier alpha value is -0.120. The van der Waals surface area contributed by atoms with Crippen molar-refractivity contribution in [2.75, 3.05) is 26.8 Å². The molecule has 0 aromatic rings. The lowest BCUT2D eigenvalue weighted by molar-refractivity contribution is 0.0545. The number of nitrogens with zero attached hydrogens (tertiary/aromatic N) is 1. The molecule has 3 heteroatoms. The third-order valence-corrected chi connectivity index (χ3v) is 4.45. The van der Waals surface area contributed by atoms with Gasteiger partial charge in [0.1, 0.15) is 0 Å². The fourth-order valence-electron chi connectivity index (χ4n) is 3.19. The lowest BCUT2D eigenvalue weighted by Gasteiger charge is -2.38. The second kappa shape index (κ2) is 9.12. The molecule has 0 aromatic carbocycles. The summed E-state index contributed by atoms with van der Waals surface area (Å²) in [4.78, 5) is 2.75. The van der Waals surface area contributed by atoms with Crippen LogP contribution in [0.2, 0.25) is 0 Å². The van der Waals surface area contributed by atoms with Gasteiger partial charge in [0.15, 0.2) is 0 Å². The SMILES string of the molecule is COCC(CNC(C)(C)C)N(CCC(C)C)C1CCCC1. The van der Waals surface area contributed by atoms with Crippen molar-refractivity contribution >= 4 is 0 Å². The highest BCUT2D eigenvalue weighted by Crippen LogP contribution is 2.26. The Balaban J connectivity index is 2.67. The van der Waals surface area contributed by atoms with Crippen molar-refractivity contribution in [2.24, 2.45) is 5.92 Å². The van der Waals surface area contributed by atoms with Crippen molar-refractivity contribution in [2.45, 2.75) is 84.3 Å². The Bertz CT molecular complexity index is 267. The van der Waals surface area contributed by atoms with Crippen LogP contribution in [-0.2, 0) is 4.74 Å². The second-order valence-electron chi connectivity index (χ2n) is 8.10. The van der Waals surface area contributed by atoms with E-state index < -0.39 is 0 Å². The van der Waals surface area contributed by atoms with Gasteiger partial charge in [-0.25, -0.2) is 0 Å². The van der Waals surface area contributed by atoms with Crippen LogP contribution in [0.15, 0.2) is 0 Å². The molecule has 0 saturated heterocycles. The molecule has 1 saturated carbocycles. The Morgan fingerprint density at radius 1 is 1.19 bits per heavy atom. The van der Waals surface area contributed by atoms with Crippen molar-refractivity contribution in [1.82, 2.24) is 10.2 Å². The molecule has 1 aliphatic carbocycles. The van der Waals surface area contributed by atoms with Gasteiger partial charge in [0.25, 0.3) is 0 Å². The minimum Gasteiger partial charge on any atom is -0.383 e. The maximum atomic E-state index is 5.53. The van der Waals surface area contributed by atoms with Crippen molar-refractivity contribution in [3.8, 4) is 0 Å². The monoisotopic (exact) mass is 298 g/mol.